The molecule has 3 amide bonds. The van der Waals surface area contributed by atoms with E-state index >= 15 is 0 Å². The SMILES string of the molecule is NNC(=O)N1CCN(C(=O)c2ccc(=O)[nH]n2)CC1. The van der Waals surface area contributed by atoms with Crippen LogP contribution in [0.4, 0.5) is 4.79 Å². The van der Waals surface area contributed by atoms with E-state index in [4.69, 9.17) is 5.84 Å². The van der Waals surface area contributed by atoms with Gasteiger partial charge in [0.05, 0.1) is 0 Å². The van der Waals surface area contributed by atoms with Gasteiger partial charge in [-0.1, -0.05) is 0 Å². The van der Waals surface area contributed by atoms with Gasteiger partial charge in [0.15, 0.2) is 0 Å². The fraction of sp³-hybridized carbons (Fsp3) is 0.400. The predicted molar refractivity (Wildman–Crippen MR) is 65.1 cm³/mol. The highest BCUT2D eigenvalue weighted by molar-refractivity contribution is 5.92. The van der Waals surface area contributed by atoms with Gasteiger partial charge in [0.2, 0.25) is 0 Å². The van der Waals surface area contributed by atoms with Crippen LogP contribution < -0.4 is 16.8 Å². The van der Waals surface area contributed by atoms with E-state index in [1.807, 2.05) is 5.43 Å². The van der Waals surface area contributed by atoms with Gasteiger partial charge in [-0.2, -0.15) is 5.10 Å². The van der Waals surface area contributed by atoms with Gasteiger partial charge in [0.1, 0.15) is 5.69 Å². The number of piperazine rings is 1. The molecule has 9 nitrogen and oxygen atoms in total. The van der Waals surface area contributed by atoms with Crippen molar-refractivity contribution in [3.8, 4) is 0 Å². The van der Waals surface area contributed by atoms with E-state index in [2.05, 4.69) is 10.2 Å². The molecule has 0 unspecified atom stereocenters. The number of amides is 3. The molecule has 1 saturated heterocycles. The van der Waals surface area contributed by atoms with Crippen molar-refractivity contribution in [3.63, 3.8) is 0 Å². The van der Waals surface area contributed by atoms with Crippen molar-refractivity contribution in [2.24, 2.45) is 5.84 Å². The number of hydrazine groups is 1. The zero-order valence-electron chi connectivity index (χ0n) is 10.1. The van der Waals surface area contributed by atoms with Crippen molar-refractivity contribution in [3.05, 3.63) is 28.2 Å². The number of carbonyl (C=O) groups excluding carboxylic acids is 2. The minimum Gasteiger partial charge on any atom is -0.334 e. The second-order valence-corrected chi connectivity index (χ2v) is 4.04. The van der Waals surface area contributed by atoms with Crippen LogP contribution in [0.3, 0.4) is 0 Å². The van der Waals surface area contributed by atoms with Gasteiger partial charge in [0, 0.05) is 32.2 Å². The number of carbonyl (C=O) groups is 2. The largest absolute Gasteiger partial charge is 0.334 e. The number of urea groups is 1. The molecule has 1 fully saturated rings. The van der Waals surface area contributed by atoms with E-state index in [0.717, 1.165) is 0 Å². The summed E-state index contributed by atoms with van der Waals surface area (Å²) in [6.07, 6.45) is 0. The van der Waals surface area contributed by atoms with Crippen molar-refractivity contribution in [1.82, 2.24) is 25.4 Å². The second-order valence-electron chi connectivity index (χ2n) is 4.04. The summed E-state index contributed by atoms with van der Waals surface area (Å²) in [5, 5.41) is 5.89. The lowest BCUT2D eigenvalue weighted by Crippen LogP contribution is -2.54. The first-order valence-electron chi connectivity index (χ1n) is 5.72. The fourth-order valence-electron chi connectivity index (χ4n) is 1.83. The van der Waals surface area contributed by atoms with Crippen LogP contribution in [-0.4, -0.2) is 58.1 Å². The van der Waals surface area contributed by atoms with E-state index < -0.39 is 0 Å². The molecule has 0 bridgehead atoms. The molecule has 0 aliphatic carbocycles. The van der Waals surface area contributed by atoms with Gasteiger partial charge in [-0.3, -0.25) is 15.0 Å². The maximum Gasteiger partial charge on any atom is 0.331 e. The molecule has 0 radical (unpaired) electrons. The monoisotopic (exact) mass is 266 g/mol. The summed E-state index contributed by atoms with van der Waals surface area (Å²) in [6.45, 7) is 1.59. The van der Waals surface area contributed by atoms with Crippen molar-refractivity contribution in [2.75, 3.05) is 26.2 Å². The summed E-state index contributed by atoms with van der Waals surface area (Å²) in [5.74, 6) is 4.76. The van der Waals surface area contributed by atoms with Crippen LogP contribution in [0.15, 0.2) is 16.9 Å². The number of hydrogen-bond donors (Lipinski definition) is 3. The quantitative estimate of drug-likeness (QED) is 0.311. The van der Waals surface area contributed by atoms with Crippen molar-refractivity contribution in [2.45, 2.75) is 0 Å². The third-order valence-corrected chi connectivity index (χ3v) is 2.88. The fourth-order valence-corrected chi connectivity index (χ4v) is 1.83. The summed E-state index contributed by atoms with van der Waals surface area (Å²) in [7, 11) is 0. The van der Waals surface area contributed by atoms with Gasteiger partial charge < -0.3 is 9.80 Å². The first-order chi connectivity index (χ1) is 9.11. The zero-order valence-corrected chi connectivity index (χ0v) is 10.1. The molecule has 0 spiro atoms. The number of nitrogens with zero attached hydrogens (tertiary/aromatic N) is 3. The Bertz CT molecular complexity index is 514. The lowest BCUT2D eigenvalue weighted by molar-refractivity contribution is 0.0658. The molecule has 1 aliphatic rings. The molecular formula is C10H14N6O3. The molecule has 1 aromatic heterocycles. The molecule has 0 aromatic carbocycles. The Morgan fingerprint density at radius 1 is 1.21 bits per heavy atom. The normalized spacial score (nSPS) is 15.2. The van der Waals surface area contributed by atoms with E-state index in [1.165, 1.54) is 17.0 Å². The van der Waals surface area contributed by atoms with E-state index in [-0.39, 0.29) is 23.2 Å². The average molecular weight is 266 g/mol. The van der Waals surface area contributed by atoms with Gasteiger partial charge in [-0.05, 0) is 6.07 Å². The highest BCUT2D eigenvalue weighted by atomic mass is 16.2. The van der Waals surface area contributed by atoms with Gasteiger partial charge in [0.25, 0.3) is 11.5 Å². The summed E-state index contributed by atoms with van der Waals surface area (Å²) < 4.78 is 0. The van der Waals surface area contributed by atoms with Crippen LogP contribution >= 0.6 is 0 Å². The van der Waals surface area contributed by atoms with Crippen LogP contribution in [0.25, 0.3) is 0 Å². The number of aromatic amines is 1. The molecular weight excluding hydrogens is 252 g/mol. The third kappa shape index (κ3) is 2.88. The lowest BCUT2D eigenvalue weighted by Gasteiger charge is -2.34. The molecule has 2 rings (SSSR count). The van der Waals surface area contributed by atoms with Crippen molar-refractivity contribution < 1.29 is 9.59 Å². The first kappa shape index (κ1) is 13.0. The maximum absolute atomic E-state index is 12.1. The maximum atomic E-state index is 12.1. The summed E-state index contributed by atoms with van der Waals surface area (Å²) in [6, 6.07) is 2.26. The van der Waals surface area contributed by atoms with E-state index in [9.17, 15) is 14.4 Å². The molecule has 102 valence electrons. The Kier molecular flexibility index (Phi) is 3.76. The lowest BCUT2D eigenvalue weighted by atomic mass is 10.2. The number of aromatic nitrogens is 2. The standard InChI is InChI=1S/C10H14N6O3/c11-12-10(19)16-5-3-15(4-6-16)9(18)7-1-2-8(17)14-13-7/h1-2H,3-6,11H2,(H,12,19)(H,14,17). The Hall–Kier alpha value is -2.42. The van der Waals surface area contributed by atoms with Crippen LogP contribution in [0.5, 0.6) is 0 Å². The molecule has 9 heteroatoms. The number of nitrogens with one attached hydrogen (secondary N) is 2. The Balaban J connectivity index is 1.98. The number of H-pyrrole nitrogens is 1. The molecule has 19 heavy (non-hydrogen) atoms. The first-order valence-corrected chi connectivity index (χ1v) is 5.72. The third-order valence-electron chi connectivity index (χ3n) is 2.88. The molecule has 1 aromatic rings. The van der Waals surface area contributed by atoms with Crippen molar-refractivity contribution >= 4 is 11.9 Å². The Labute approximate surface area is 108 Å². The highest BCUT2D eigenvalue weighted by Crippen LogP contribution is 2.05. The number of hydrogen-bond acceptors (Lipinski definition) is 5. The van der Waals surface area contributed by atoms with Crippen molar-refractivity contribution in [1.29, 1.82) is 0 Å². The van der Waals surface area contributed by atoms with Gasteiger partial charge >= 0.3 is 6.03 Å². The molecule has 4 N–H and O–H groups in total. The summed E-state index contributed by atoms with van der Waals surface area (Å²) in [5.41, 5.74) is 1.87. The molecule has 0 atom stereocenters. The Morgan fingerprint density at radius 3 is 2.37 bits per heavy atom. The molecule has 2 heterocycles. The van der Waals surface area contributed by atoms with Crippen LogP contribution in [-0.2, 0) is 0 Å². The topological polar surface area (TPSA) is 124 Å². The van der Waals surface area contributed by atoms with E-state index in [0.29, 0.717) is 26.2 Å². The van der Waals surface area contributed by atoms with Gasteiger partial charge in [-0.25, -0.2) is 15.7 Å². The second kappa shape index (κ2) is 5.48. The number of rotatable bonds is 1. The van der Waals surface area contributed by atoms with Gasteiger partial charge in [-0.15, -0.1) is 0 Å². The average Bonchev–Trinajstić information content (AvgIpc) is 2.46. The Morgan fingerprint density at radius 2 is 1.84 bits per heavy atom. The highest BCUT2D eigenvalue weighted by Gasteiger charge is 2.25. The summed E-state index contributed by atoms with van der Waals surface area (Å²) >= 11 is 0. The molecule has 1 aliphatic heterocycles. The van der Waals surface area contributed by atoms with Crippen LogP contribution in [0.1, 0.15) is 10.5 Å². The smallest absolute Gasteiger partial charge is 0.331 e. The zero-order chi connectivity index (χ0) is 13.8. The summed E-state index contributed by atoms with van der Waals surface area (Å²) in [4.78, 5) is 37.3. The minimum atomic E-state index is -0.366. The van der Waals surface area contributed by atoms with E-state index in [1.54, 1.807) is 4.90 Å². The molecule has 0 saturated carbocycles. The van der Waals surface area contributed by atoms with Crippen LogP contribution in [0, 0.1) is 0 Å². The number of nitrogens with two attached hydrogens (primary N) is 1. The predicted octanol–water partition coefficient (Wildman–Crippen LogP) is -1.89. The van der Waals surface area contributed by atoms with Crippen LogP contribution in [0.2, 0.25) is 0 Å². The minimum absolute atomic E-state index is 0.177.